The molecule has 0 fully saturated rings. The normalized spacial score (nSPS) is 29.8. The Hall–Kier alpha value is -1.37. The second-order valence-electron chi connectivity index (χ2n) is 3.42. The van der Waals surface area contributed by atoms with E-state index in [0.29, 0.717) is 5.92 Å². The molecule has 0 N–H and O–H groups in total. The molecule has 1 heteroatoms. The molecule has 0 heterocycles. The molecule has 0 radical (unpaired) electrons. The number of carbonyl (C=O) groups excluding carboxylic acids is 1. The molecule has 0 spiro atoms. The van der Waals surface area contributed by atoms with Gasteiger partial charge in [-0.2, -0.15) is 0 Å². The molecule has 0 amide bonds. The number of rotatable bonds is 0. The predicted octanol–water partition coefficient (Wildman–Crippen LogP) is 1.94. The van der Waals surface area contributed by atoms with Crippen molar-refractivity contribution >= 4 is 5.78 Å². The third-order valence-corrected chi connectivity index (χ3v) is 2.75. The van der Waals surface area contributed by atoms with Gasteiger partial charge in [-0.3, -0.25) is 4.79 Å². The van der Waals surface area contributed by atoms with Crippen molar-refractivity contribution < 1.29 is 4.79 Å². The molecule has 1 unspecified atom stereocenters. The van der Waals surface area contributed by atoms with Crippen molar-refractivity contribution in [2.24, 2.45) is 5.92 Å². The number of ketones is 1. The zero-order valence-corrected chi connectivity index (χ0v) is 6.58. The average molecular weight is 156 g/mol. The van der Waals surface area contributed by atoms with Crippen LogP contribution in [0.5, 0.6) is 0 Å². The van der Waals surface area contributed by atoms with E-state index in [1.165, 1.54) is 11.1 Å². The van der Waals surface area contributed by atoms with Crippen LogP contribution >= 0.6 is 0 Å². The van der Waals surface area contributed by atoms with Gasteiger partial charge in [-0.15, -0.1) is 0 Å². The predicted molar refractivity (Wildman–Crippen MR) is 46.5 cm³/mol. The maximum atomic E-state index is 11.4. The summed E-state index contributed by atoms with van der Waals surface area (Å²) in [5.41, 5.74) is 3.45. The van der Waals surface area contributed by atoms with Crippen LogP contribution in [0.25, 0.3) is 0 Å². The molecule has 3 aliphatic rings. The van der Waals surface area contributed by atoms with Gasteiger partial charge in [0.1, 0.15) is 0 Å². The van der Waals surface area contributed by atoms with Crippen LogP contribution in [0.15, 0.2) is 47.1 Å². The summed E-state index contributed by atoms with van der Waals surface area (Å²) in [6.45, 7) is 0. The first-order valence-electron chi connectivity index (χ1n) is 4.20. The lowest BCUT2D eigenvalue weighted by atomic mass is 9.90. The van der Waals surface area contributed by atoms with Crippen LogP contribution < -0.4 is 0 Å². The number of allylic oxidation sites excluding steroid dienone is 8. The first-order chi connectivity index (χ1) is 5.86. The van der Waals surface area contributed by atoms with Crippen LogP contribution in [0.1, 0.15) is 6.42 Å². The fraction of sp³-hybridized carbons (Fsp3) is 0.182. The molecule has 58 valence electrons. The number of hydrogen-bond donors (Lipinski definition) is 0. The Balaban J connectivity index is 2.28. The highest BCUT2D eigenvalue weighted by Crippen LogP contribution is 2.44. The Labute approximate surface area is 70.8 Å². The molecule has 12 heavy (non-hydrogen) atoms. The van der Waals surface area contributed by atoms with E-state index < -0.39 is 0 Å². The maximum absolute atomic E-state index is 11.4. The summed E-state index contributed by atoms with van der Waals surface area (Å²) >= 11 is 0. The number of carbonyl (C=O) groups is 1. The quantitative estimate of drug-likeness (QED) is 0.523. The van der Waals surface area contributed by atoms with Gasteiger partial charge in [0.25, 0.3) is 0 Å². The van der Waals surface area contributed by atoms with E-state index in [1.807, 2.05) is 6.08 Å². The smallest absolute Gasteiger partial charge is 0.186 e. The lowest BCUT2D eigenvalue weighted by molar-refractivity contribution is -0.111. The molecule has 1 atom stereocenters. The minimum atomic E-state index is 0.189. The molecule has 0 aromatic heterocycles. The number of hydrogen-bond acceptors (Lipinski definition) is 1. The van der Waals surface area contributed by atoms with Crippen molar-refractivity contribution in [2.45, 2.75) is 6.42 Å². The van der Waals surface area contributed by atoms with Crippen LogP contribution in [0.4, 0.5) is 0 Å². The van der Waals surface area contributed by atoms with Gasteiger partial charge in [-0.05, 0) is 23.6 Å². The summed E-state index contributed by atoms with van der Waals surface area (Å²) in [6.07, 6.45) is 10.9. The van der Waals surface area contributed by atoms with E-state index in [1.54, 1.807) is 6.08 Å². The molecule has 3 rings (SSSR count). The van der Waals surface area contributed by atoms with E-state index in [9.17, 15) is 4.79 Å². The second kappa shape index (κ2) is 1.86. The third kappa shape index (κ3) is 0.572. The van der Waals surface area contributed by atoms with Crippen LogP contribution in [0, 0.1) is 5.92 Å². The highest BCUT2D eigenvalue weighted by Gasteiger charge is 2.34. The molecule has 0 saturated carbocycles. The first-order valence-corrected chi connectivity index (χ1v) is 4.20. The van der Waals surface area contributed by atoms with Gasteiger partial charge in [0.05, 0.1) is 0 Å². The first kappa shape index (κ1) is 6.18. The molecule has 1 nitrogen and oxygen atoms in total. The van der Waals surface area contributed by atoms with E-state index in [2.05, 4.69) is 18.2 Å². The van der Waals surface area contributed by atoms with Crippen molar-refractivity contribution in [3.8, 4) is 0 Å². The molecule has 0 aromatic carbocycles. The van der Waals surface area contributed by atoms with Gasteiger partial charge >= 0.3 is 0 Å². The van der Waals surface area contributed by atoms with Gasteiger partial charge in [-0.25, -0.2) is 0 Å². The van der Waals surface area contributed by atoms with Crippen molar-refractivity contribution in [3.63, 3.8) is 0 Å². The summed E-state index contributed by atoms with van der Waals surface area (Å²) < 4.78 is 0. The highest BCUT2D eigenvalue weighted by molar-refractivity contribution is 6.10. The van der Waals surface area contributed by atoms with Gasteiger partial charge in [0.2, 0.25) is 0 Å². The Kier molecular flexibility index (Phi) is 0.959. The number of fused-ring (bicyclic) bond motifs is 4. The monoisotopic (exact) mass is 156 g/mol. The summed E-state index contributed by atoms with van der Waals surface area (Å²) in [7, 11) is 0. The van der Waals surface area contributed by atoms with Crippen molar-refractivity contribution in [1.82, 2.24) is 0 Å². The summed E-state index contributed by atoms with van der Waals surface area (Å²) in [5.74, 6) is 0.693. The second-order valence-corrected chi connectivity index (χ2v) is 3.42. The maximum Gasteiger partial charge on any atom is 0.186 e. The molecule has 3 aliphatic carbocycles. The van der Waals surface area contributed by atoms with Crippen LogP contribution in [0.3, 0.4) is 0 Å². The summed E-state index contributed by atoms with van der Waals surface area (Å²) in [4.78, 5) is 11.4. The topological polar surface area (TPSA) is 17.1 Å². The minimum absolute atomic E-state index is 0.189. The zero-order valence-electron chi connectivity index (χ0n) is 6.58. The summed E-state index contributed by atoms with van der Waals surface area (Å²) in [5, 5.41) is 0. The van der Waals surface area contributed by atoms with Crippen LogP contribution in [-0.2, 0) is 4.79 Å². The average Bonchev–Trinajstić information content (AvgIpc) is 2.64. The minimum Gasteiger partial charge on any atom is -0.289 e. The SMILES string of the molecule is O=C1C=CC=C2C1=C1C=CC2C1. The molecule has 0 aliphatic heterocycles. The fourth-order valence-electron chi connectivity index (χ4n) is 2.21. The lowest BCUT2D eigenvalue weighted by Crippen LogP contribution is -2.07. The van der Waals surface area contributed by atoms with E-state index in [-0.39, 0.29) is 5.78 Å². The van der Waals surface area contributed by atoms with Crippen molar-refractivity contribution in [2.75, 3.05) is 0 Å². The third-order valence-electron chi connectivity index (χ3n) is 2.75. The standard InChI is InChI=1S/C11H8O/c12-10-3-1-2-9-7-4-5-8(6-7)11(9)10/h1-5,7H,6H2. The van der Waals surface area contributed by atoms with Gasteiger partial charge in [0, 0.05) is 11.5 Å². The fourth-order valence-corrected chi connectivity index (χ4v) is 2.21. The molecular weight excluding hydrogens is 148 g/mol. The lowest BCUT2D eigenvalue weighted by Gasteiger charge is -2.12. The molecule has 2 bridgehead atoms. The van der Waals surface area contributed by atoms with Gasteiger partial charge < -0.3 is 0 Å². The van der Waals surface area contributed by atoms with E-state index in [4.69, 9.17) is 0 Å². The van der Waals surface area contributed by atoms with Crippen molar-refractivity contribution in [1.29, 1.82) is 0 Å². The Bertz CT molecular complexity index is 391. The highest BCUT2D eigenvalue weighted by atomic mass is 16.1. The van der Waals surface area contributed by atoms with E-state index >= 15 is 0 Å². The largest absolute Gasteiger partial charge is 0.289 e. The molecule has 0 aromatic rings. The van der Waals surface area contributed by atoms with Crippen molar-refractivity contribution in [3.05, 3.63) is 47.1 Å². The molecular formula is C11H8O. The van der Waals surface area contributed by atoms with Crippen LogP contribution in [-0.4, -0.2) is 5.78 Å². The Morgan fingerprint density at radius 2 is 2.25 bits per heavy atom. The van der Waals surface area contributed by atoms with Gasteiger partial charge in [-0.1, -0.05) is 24.3 Å². The zero-order chi connectivity index (χ0) is 8.13. The van der Waals surface area contributed by atoms with Crippen LogP contribution in [0.2, 0.25) is 0 Å². The van der Waals surface area contributed by atoms with E-state index in [0.717, 1.165) is 12.0 Å². The van der Waals surface area contributed by atoms with Gasteiger partial charge in [0.15, 0.2) is 5.78 Å². The Morgan fingerprint density at radius 1 is 1.33 bits per heavy atom. The Morgan fingerprint density at radius 3 is 3.08 bits per heavy atom. The summed E-state index contributed by atoms with van der Waals surface area (Å²) in [6, 6.07) is 0. The molecule has 0 saturated heterocycles.